The Morgan fingerprint density at radius 2 is 1.80 bits per heavy atom. The van der Waals surface area contributed by atoms with E-state index in [0.717, 1.165) is 29.4 Å². The third-order valence-corrected chi connectivity index (χ3v) is 5.39. The lowest BCUT2D eigenvalue weighted by Crippen LogP contribution is -2.25. The minimum atomic E-state index is -3.37. The topological polar surface area (TPSA) is 50.5 Å². The third-order valence-electron chi connectivity index (χ3n) is 4.20. The van der Waals surface area contributed by atoms with Gasteiger partial charge >= 0.3 is 0 Å². The maximum atomic E-state index is 13.1. The van der Waals surface area contributed by atoms with E-state index >= 15 is 0 Å². The molecule has 0 radical (unpaired) electrons. The molecular formula is C19H20FNO3S. The lowest BCUT2D eigenvalue weighted by atomic mass is 10.1. The van der Waals surface area contributed by atoms with E-state index in [1.807, 2.05) is 19.1 Å². The number of rotatable bonds is 5. The van der Waals surface area contributed by atoms with Gasteiger partial charge < -0.3 is 4.42 Å². The SMILES string of the molecule is CCCc1cc2cc(-c3ccc(F)cc3)oc2cc1N(C)S(C)(=O)=O. The minimum Gasteiger partial charge on any atom is -0.456 e. The van der Waals surface area contributed by atoms with Gasteiger partial charge in [0.2, 0.25) is 10.0 Å². The van der Waals surface area contributed by atoms with Crippen LogP contribution in [0, 0.1) is 5.82 Å². The van der Waals surface area contributed by atoms with E-state index in [-0.39, 0.29) is 5.82 Å². The molecule has 6 heteroatoms. The second-order valence-corrected chi connectivity index (χ2v) is 8.13. The number of hydrogen-bond acceptors (Lipinski definition) is 3. The summed E-state index contributed by atoms with van der Waals surface area (Å²) in [7, 11) is -1.82. The van der Waals surface area contributed by atoms with Crippen molar-refractivity contribution in [2.45, 2.75) is 19.8 Å². The van der Waals surface area contributed by atoms with Gasteiger partial charge in [-0.1, -0.05) is 13.3 Å². The predicted molar refractivity (Wildman–Crippen MR) is 98.8 cm³/mol. The number of hydrogen-bond donors (Lipinski definition) is 0. The van der Waals surface area contributed by atoms with Crippen LogP contribution in [0.25, 0.3) is 22.3 Å². The maximum absolute atomic E-state index is 13.1. The van der Waals surface area contributed by atoms with Gasteiger partial charge in [0.1, 0.15) is 17.2 Å². The average molecular weight is 361 g/mol. The van der Waals surface area contributed by atoms with Crippen molar-refractivity contribution in [3.8, 4) is 11.3 Å². The molecule has 0 unspecified atom stereocenters. The summed E-state index contributed by atoms with van der Waals surface area (Å²) in [5.74, 6) is 0.318. The zero-order valence-electron chi connectivity index (χ0n) is 14.4. The summed E-state index contributed by atoms with van der Waals surface area (Å²) in [6.45, 7) is 2.05. The van der Waals surface area contributed by atoms with Gasteiger partial charge in [0.05, 0.1) is 11.9 Å². The molecule has 1 aromatic heterocycles. The molecule has 132 valence electrons. The first-order valence-corrected chi connectivity index (χ1v) is 9.90. The number of benzene rings is 2. The van der Waals surface area contributed by atoms with E-state index in [4.69, 9.17) is 4.42 Å². The van der Waals surface area contributed by atoms with E-state index in [1.165, 1.54) is 22.7 Å². The fraction of sp³-hybridized carbons (Fsp3) is 0.263. The van der Waals surface area contributed by atoms with Crippen LogP contribution in [0.15, 0.2) is 46.9 Å². The molecule has 0 bridgehead atoms. The molecule has 0 fully saturated rings. The molecule has 0 aliphatic rings. The van der Waals surface area contributed by atoms with Crippen LogP contribution in [0.3, 0.4) is 0 Å². The number of nitrogens with zero attached hydrogens (tertiary/aromatic N) is 1. The van der Waals surface area contributed by atoms with Gasteiger partial charge in [0.15, 0.2) is 0 Å². The van der Waals surface area contributed by atoms with Crippen LogP contribution >= 0.6 is 0 Å². The summed E-state index contributed by atoms with van der Waals surface area (Å²) in [6, 6.07) is 11.7. The van der Waals surface area contributed by atoms with E-state index in [1.54, 1.807) is 25.2 Å². The highest BCUT2D eigenvalue weighted by Crippen LogP contribution is 2.34. The molecule has 4 nitrogen and oxygen atoms in total. The van der Waals surface area contributed by atoms with Crippen LogP contribution in [0.1, 0.15) is 18.9 Å². The number of fused-ring (bicyclic) bond motifs is 1. The van der Waals surface area contributed by atoms with E-state index in [2.05, 4.69) is 0 Å². The van der Waals surface area contributed by atoms with Gasteiger partial charge in [-0.3, -0.25) is 4.31 Å². The Labute approximate surface area is 146 Å². The average Bonchev–Trinajstić information content (AvgIpc) is 2.96. The molecule has 0 aliphatic heterocycles. The number of halogens is 1. The smallest absolute Gasteiger partial charge is 0.232 e. The molecule has 0 aliphatic carbocycles. The van der Waals surface area contributed by atoms with Gasteiger partial charge in [-0.15, -0.1) is 0 Å². The van der Waals surface area contributed by atoms with Crippen LogP contribution in [0.2, 0.25) is 0 Å². The Morgan fingerprint density at radius 1 is 1.12 bits per heavy atom. The van der Waals surface area contributed by atoms with Crippen LogP contribution < -0.4 is 4.31 Å². The van der Waals surface area contributed by atoms with E-state index in [9.17, 15) is 12.8 Å². The summed E-state index contributed by atoms with van der Waals surface area (Å²) in [6.07, 6.45) is 2.85. The van der Waals surface area contributed by atoms with Gasteiger partial charge in [0, 0.05) is 24.1 Å². The minimum absolute atomic E-state index is 0.304. The summed E-state index contributed by atoms with van der Waals surface area (Å²) in [5.41, 5.74) is 2.95. The van der Waals surface area contributed by atoms with Crippen molar-refractivity contribution in [1.29, 1.82) is 0 Å². The molecular weight excluding hydrogens is 341 g/mol. The predicted octanol–water partition coefficient (Wildman–Crippen LogP) is 4.59. The van der Waals surface area contributed by atoms with E-state index in [0.29, 0.717) is 17.0 Å². The highest BCUT2D eigenvalue weighted by molar-refractivity contribution is 7.92. The van der Waals surface area contributed by atoms with Gasteiger partial charge in [-0.2, -0.15) is 0 Å². The number of sulfonamides is 1. The maximum Gasteiger partial charge on any atom is 0.232 e. The van der Waals surface area contributed by atoms with Crippen molar-refractivity contribution in [1.82, 2.24) is 0 Å². The molecule has 0 atom stereocenters. The van der Waals surface area contributed by atoms with Crippen LogP contribution in [0.4, 0.5) is 10.1 Å². The lowest BCUT2D eigenvalue weighted by molar-refractivity contribution is 0.600. The fourth-order valence-electron chi connectivity index (χ4n) is 2.82. The van der Waals surface area contributed by atoms with Crippen LogP contribution in [-0.4, -0.2) is 21.7 Å². The molecule has 25 heavy (non-hydrogen) atoms. The van der Waals surface area contributed by atoms with Crippen LogP contribution in [-0.2, 0) is 16.4 Å². The molecule has 3 aromatic rings. The first-order valence-electron chi connectivity index (χ1n) is 8.06. The standard InChI is InChI=1S/C19H20FNO3S/c1-4-5-14-10-15-11-18(13-6-8-16(20)9-7-13)24-19(15)12-17(14)21(2)25(3,22)23/h6-12H,4-5H2,1-3H3. The van der Waals surface area contributed by atoms with Crippen molar-refractivity contribution in [3.05, 3.63) is 53.8 Å². The van der Waals surface area contributed by atoms with Crippen molar-refractivity contribution in [2.24, 2.45) is 0 Å². The molecule has 0 spiro atoms. The zero-order valence-corrected chi connectivity index (χ0v) is 15.2. The first-order chi connectivity index (χ1) is 11.8. The summed E-state index contributed by atoms with van der Waals surface area (Å²) >= 11 is 0. The second-order valence-electron chi connectivity index (χ2n) is 6.12. The Balaban J connectivity index is 2.14. The Kier molecular flexibility index (Phi) is 4.56. The molecule has 3 rings (SSSR count). The Morgan fingerprint density at radius 3 is 2.40 bits per heavy atom. The normalized spacial score (nSPS) is 11.8. The largest absolute Gasteiger partial charge is 0.456 e. The molecule has 2 aromatic carbocycles. The van der Waals surface area contributed by atoms with Crippen molar-refractivity contribution >= 4 is 26.7 Å². The monoisotopic (exact) mass is 361 g/mol. The number of furan rings is 1. The Hall–Kier alpha value is -2.34. The zero-order chi connectivity index (χ0) is 18.2. The highest BCUT2D eigenvalue weighted by Gasteiger charge is 2.18. The van der Waals surface area contributed by atoms with Crippen molar-refractivity contribution in [2.75, 3.05) is 17.6 Å². The summed E-state index contributed by atoms with van der Waals surface area (Å²) in [5, 5.41) is 0.897. The molecule has 1 heterocycles. The number of anilines is 1. The fourth-order valence-corrected chi connectivity index (χ4v) is 3.35. The van der Waals surface area contributed by atoms with Crippen molar-refractivity contribution < 1.29 is 17.2 Å². The molecule has 0 saturated carbocycles. The van der Waals surface area contributed by atoms with Gasteiger partial charge in [0.25, 0.3) is 0 Å². The molecule has 0 N–H and O–H groups in total. The first kappa shape index (κ1) is 17.5. The van der Waals surface area contributed by atoms with Crippen LogP contribution in [0.5, 0.6) is 0 Å². The third kappa shape index (κ3) is 3.54. The highest BCUT2D eigenvalue weighted by atomic mass is 32.2. The molecule has 0 saturated heterocycles. The quantitative estimate of drug-likeness (QED) is 0.668. The van der Waals surface area contributed by atoms with Gasteiger partial charge in [-0.25, -0.2) is 12.8 Å². The molecule has 0 amide bonds. The summed E-state index contributed by atoms with van der Waals surface area (Å²) in [4.78, 5) is 0. The Bertz CT molecular complexity index is 1010. The van der Waals surface area contributed by atoms with Gasteiger partial charge in [-0.05, 0) is 48.4 Å². The second kappa shape index (κ2) is 6.52. The lowest BCUT2D eigenvalue weighted by Gasteiger charge is -2.20. The van der Waals surface area contributed by atoms with Crippen molar-refractivity contribution in [3.63, 3.8) is 0 Å². The van der Waals surface area contributed by atoms with E-state index < -0.39 is 10.0 Å². The number of aryl methyl sites for hydroxylation is 1. The summed E-state index contributed by atoms with van der Waals surface area (Å²) < 4.78 is 44.2.